The molecule has 0 radical (unpaired) electrons. The number of rotatable bonds is 3. The first kappa shape index (κ1) is 17.5. The summed E-state index contributed by atoms with van der Waals surface area (Å²) in [6.45, 7) is 3.11. The summed E-state index contributed by atoms with van der Waals surface area (Å²) in [5.74, 6) is -1.67. The molecular weight excluding hydrogens is 349 g/mol. The topological polar surface area (TPSA) is 70.7 Å². The van der Waals surface area contributed by atoms with E-state index in [1.165, 1.54) is 12.1 Å². The number of ether oxygens (including phenoxy) is 1. The van der Waals surface area contributed by atoms with Gasteiger partial charge in [0.2, 0.25) is 11.8 Å². The second kappa shape index (κ2) is 7.36. The van der Waals surface area contributed by atoms with Crippen LogP contribution in [0, 0.1) is 5.82 Å². The molecule has 7 heteroatoms. The minimum absolute atomic E-state index is 0.0380. The molecular formula is C20H20FN3O3. The zero-order valence-electron chi connectivity index (χ0n) is 14.7. The van der Waals surface area contributed by atoms with Crippen LogP contribution in [0.1, 0.15) is 17.9 Å². The highest BCUT2D eigenvalue weighted by Gasteiger charge is 2.31. The fourth-order valence-electron chi connectivity index (χ4n) is 3.48. The van der Waals surface area contributed by atoms with Gasteiger partial charge in [-0.1, -0.05) is 6.07 Å². The largest absolute Gasteiger partial charge is 0.378 e. The van der Waals surface area contributed by atoms with E-state index in [1.807, 2.05) is 24.3 Å². The van der Waals surface area contributed by atoms with Gasteiger partial charge in [-0.25, -0.2) is 4.39 Å². The van der Waals surface area contributed by atoms with E-state index in [0.29, 0.717) is 30.2 Å². The molecule has 6 nitrogen and oxygen atoms in total. The SMILES string of the molecule is O=C1CC(C(=O)Nc2ccc(N3CCOCC3)cc2)c2ccc(F)cc2N1. The van der Waals surface area contributed by atoms with Crippen molar-refractivity contribution in [1.82, 2.24) is 0 Å². The second-order valence-electron chi connectivity index (χ2n) is 6.67. The van der Waals surface area contributed by atoms with Crippen LogP contribution in [0.25, 0.3) is 0 Å². The Hall–Kier alpha value is -2.93. The number of amides is 2. The highest BCUT2D eigenvalue weighted by atomic mass is 19.1. The van der Waals surface area contributed by atoms with Gasteiger partial charge in [0.25, 0.3) is 0 Å². The third-order valence-corrected chi connectivity index (χ3v) is 4.88. The molecule has 0 aromatic heterocycles. The Morgan fingerprint density at radius 3 is 2.63 bits per heavy atom. The van der Waals surface area contributed by atoms with Crippen LogP contribution < -0.4 is 15.5 Å². The molecule has 2 aromatic rings. The Labute approximate surface area is 156 Å². The number of benzene rings is 2. The second-order valence-corrected chi connectivity index (χ2v) is 6.67. The van der Waals surface area contributed by atoms with Gasteiger partial charge in [-0.05, 0) is 42.0 Å². The van der Waals surface area contributed by atoms with Crippen LogP contribution >= 0.6 is 0 Å². The zero-order chi connectivity index (χ0) is 18.8. The van der Waals surface area contributed by atoms with Crippen LogP contribution in [0.4, 0.5) is 21.5 Å². The number of hydrogen-bond donors (Lipinski definition) is 2. The van der Waals surface area contributed by atoms with Gasteiger partial charge in [0.1, 0.15) is 5.82 Å². The lowest BCUT2D eigenvalue weighted by Gasteiger charge is -2.29. The van der Waals surface area contributed by atoms with Crippen molar-refractivity contribution in [2.24, 2.45) is 0 Å². The van der Waals surface area contributed by atoms with Gasteiger partial charge < -0.3 is 20.3 Å². The van der Waals surface area contributed by atoms with Gasteiger partial charge in [-0.15, -0.1) is 0 Å². The van der Waals surface area contributed by atoms with Crippen molar-refractivity contribution in [3.05, 3.63) is 53.8 Å². The highest BCUT2D eigenvalue weighted by Crippen LogP contribution is 2.33. The number of hydrogen-bond acceptors (Lipinski definition) is 4. The zero-order valence-corrected chi connectivity index (χ0v) is 14.7. The number of nitrogens with zero attached hydrogens (tertiary/aromatic N) is 1. The molecule has 2 aliphatic heterocycles. The predicted octanol–water partition coefficient (Wildman–Crippen LogP) is 2.73. The molecule has 2 aromatic carbocycles. The van der Waals surface area contributed by atoms with Crippen molar-refractivity contribution in [3.63, 3.8) is 0 Å². The normalized spacial score (nSPS) is 19.2. The number of morpholine rings is 1. The van der Waals surface area contributed by atoms with E-state index in [4.69, 9.17) is 4.74 Å². The van der Waals surface area contributed by atoms with Crippen LogP contribution in [-0.2, 0) is 14.3 Å². The van der Waals surface area contributed by atoms with Crippen molar-refractivity contribution in [3.8, 4) is 0 Å². The molecule has 0 saturated carbocycles. The number of fused-ring (bicyclic) bond motifs is 1. The molecule has 1 saturated heterocycles. The summed E-state index contributed by atoms with van der Waals surface area (Å²) >= 11 is 0. The van der Waals surface area contributed by atoms with E-state index >= 15 is 0 Å². The van der Waals surface area contributed by atoms with Gasteiger partial charge in [-0.2, -0.15) is 0 Å². The van der Waals surface area contributed by atoms with Crippen molar-refractivity contribution in [2.45, 2.75) is 12.3 Å². The highest BCUT2D eigenvalue weighted by molar-refractivity contribution is 6.05. The molecule has 2 N–H and O–H groups in total. The van der Waals surface area contributed by atoms with Crippen LogP contribution in [0.3, 0.4) is 0 Å². The van der Waals surface area contributed by atoms with Crippen molar-refractivity contribution >= 4 is 28.9 Å². The van der Waals surface area contributed by atoms with E-state index in [0.717, 1.165) is 18.8 Å². The van der Waals surface area contributed by atoms with Crippen LogP contribution in [0.5, 0.6) is 0 Å². The molecule has 2 heterocycles. The van der Waals surface area contributed by atoms with Crippen molar-refractivity contribution in [2.75, 3.05) is 41.8 Å². The number of carbonyl (C=O) groups is 2. The van der Waals surface area contributed by atoms with Gasteiger partial charge in [-0.3, -0.25) is 9.59 Å². The Morgan fingerprint density at radius 2 is 1.89 bits per heavy atom. The first-order valence-corrected chi connectivity index (χ1v) is 8.93. The molecule has 1 unspecified atom stereocenters. The molecule has 1 atom stereocenters. The molecule has 140 valence electrons. The summed E-state index contributed by atoms with van der Waals surface area (Å²) in [6.07, 6.45) is 0.0380. The summed E-state index contributed by atoms with van der Waals surface area (Å²) in [5, 5.41) is 5.48. The van der Waals surface area contributed by atoms with Crippen LogP contribution in [-0.4, -0.2) is 38.1 Å². The van der Waals surface area contributed by atoms with E-state index < -0.39 is 11.7 Å². The van der Waals surface area contributed by atoms with Gasteiger partial charge in [0.05, 0.1) is 19.1 Å². The van der Waals surface area contributed by atoms with E-state index in [-0.39, 0.29) is 18.2 Å². The standard InChI is InChI=1S/C20H20FN3O3/c21-13-1-6-16-17(12-19(25)23-18(16)11-13)20(26)22-14-2-4-15(5-3-14)24-7-9-27-10-8-24/h1-6,11,17H,7-10,12H2,(H,22,26)(H,23,25). The number of anilines is 3. The predicted molar refractivity (Wildman–Crippen MR) is 100 cm³/mol. The Kier molecular flexibility index (Phi) is 4.77. The lowest BCUT2D eigenvalue weighted by atomic mass is 9.89. The Balaban J connectivity index is 1.48. The quantitative estimate of drug-likeness (QED) is 0.873. The average Bonchev–Trinajstić information content (AvgIpc) is 2.68. The lowest BCUT2D eigenvalue weighted by molar-refractivity contribution is -0.123. The monoisotopic (exact) mass is 369 g/mol. The van der Waals surface area contributed by atoms with Crippen LogP contribution in [0.2, 0.25) is 0 Å². The third-order valence-electron chi connectivity index (χ3n) is 4.88. The lowest BCUT2D eigenvalue weighted by Crippen LogP contribution is -2.36. The van der Waals surface area contributed by atoms with E-state index in [2.05, 4.69) is 15.5 Å². The minimum atomic E-state index is -0.645. The molecule has 4 rings (SSSR count). The maximum absolute atomic E-state index is 13.4. The van der Waals surface area contributed by atoms with Crippen molar-refractivity contribution in [1.29, 1.82) is 0 Å². The van der Waals surface area contributed by atoms with E-state index in [1.54, 1.807) is 6.07 Å². The molecule has 0 spiro atoms. The summed E-state index contributed by atoms with van der Waals surface area (Å²) in [7, 11) is 0. The number of halogens is 1. The minimum Gasteiger partial charge on any atom is -0.378 e. The fourth-order valence-corrected chi connectivity index (χ4v) is 3.48. The van der Waals surface area contributed by atoms with E-state index in [9.17, 15) is 14.0 Å². The summed E-state index contributed by atoms with van der Waals surface area (Å²) in [5.41, 5.74) is 2.72. The van der Waals surface area contributed by atoms with Gasteiger partial charge in [0, 0.05) is 36.6 Å². The fraction of sp³-hybridized carbons (Fsp3) is 0.300. The smallest absolute Gasteiger partial charge is 0.232 e. The first-order chi connectivity index (χ1) is 13.1. The molecule has 0 bridgehead atoms. The molecule has 27 heavy (non-hydrogen) atoms. The Bertz CT molecular complexity index is 863. The summed E-state index contributed by atoms with van der Waals surface area (Å²) < 4.78 is 18.8. The summed E-state index contributed by atoms with van der Waals surface area (Å²) in [6, 6.07) is 11.7. The first-order valence-electron chi connectivity index (χ1n) is 8.93. The molecule has 2 aliphatic rings. The summed E-state index contributed by atoms with van der Waals surface area (Å²) in [4.78, 5) is 26.9. The molecule has 0 aliphatic carbocycles. The molecule has 2 amide bonds. The van der Waals surface area contributed by atoms with Gasteiger partial charge >= 0.3 is 0 Å². The van der Waals surface area contributed by atoms with Gasteiger partial charge in [0.15, 0.2) is 0 Å². The number of carbonyl (C=O) groups excluding carboxylic acids is 2. The number of nitrogens with one attached hydrogen (secondary N) is 2. The average molecular weight is 369 g/mol. The maximum atomic E-state index is 13.4. The maximum Gasteiger partial charge on any atom is 0.232 e. The third kappa shape index (κ3) is 3.78. The van der Waals surface area contributed by atoms with Crippen molar-refractivity contribution < 1.29 is 18.7 Å². The molecule has 1 fully saturated rings. The Morgan fingerprint density at radius 1 is 1.15 bits per heavy atom. The van der Waals surface area contributed by atoms with Crippen LogP contribution in [0.15, 0.2) is 42.5 Å².